The molecule has 0 bridgehead atoms. The fourth-order valence-corrected chi connectivity index (χ4v) is 3.16. The number of Topliss-reactive ketones (excluding diaryl/α,β-unsaturated/α-hetero) is 1. The fourth-order valence-electron chi connectivity index (χ4n) is 3.16. The van der Waals surface area contributed by atoms with Gasteiger partial charge in [0, 0.05) is 12.8 Å². The van der Waals surface area contributed by atoms with Gasteiger partial charge in [-0.05, 0) is 29.4 Å². The zero-order valence-corrected chi connectivity index (χ0v) is 15.0. The highest BCUT2D eigenvalue weighted by Gasteiger charge is 2.31. The van der Waals surface area contributed by atoms with Crippen LogP contribution in [-0.2, 0) is 4.79 Å². The average Bonchev–Trinajstić information content (AvgIpc) is 2.66. The standard InChI is InChI=1S/C18H18O.2C2H6/c19-16-11-12-17(14-7-3-1-4-8-14)18(13-16)15-9-5-2-6-10-15;2*1-2/h1-10,17-18H,11-13H2;2*1-2H3. The maximum Gasteiger partial charge on any atom is 0.133 e. The summed E-state index contributed by atoms with van der Waals surface area (Å²) < 4.78 is 0. The molecule has 0 radical (unpaired) electrons. The molecule has 1 nitrogen and oxygen atoms in total. The first kappa shape index (κ1) is 19.2. The Hall–Kier alpha value is -1.89. The van der Waals surface area contributed by atoms with E-state index in [1.54, 1.807) is 0 Å². The van der Waals surface area contributed by atoms with Crippen molar-refractivity contribution >= 4 is 5.78 Å². The highest BCUT2D eigenvalue weighted by molar-refractivity contribution is 5.80. The van der Waals surface area contributed by atoms with E-state index in [0.29, 0.717) is 24.0 Å². The molecule has 0 aromatic heterocycles. The van der Waals surface area contributed by atoms with Crippen molar-refractivity contribution in [3.8, 4) is 0 Å². The van der Waals surface area contributed by atoms with E-state index in [9.17, 15) is 4.79 Å². The first-order chi connectivity index (χ1) is 11.3. The molecule has 0 heterocycles. The summed E-state index contributed by atoms with van der Waals surface area (Å²) >= 11 is 0. The van der Waals surface area contributed by atoms with Crippen molar-refractivity contribution in [3.05, 3.63) is 71.8 Å². The van der Waals surface area contributed by atoms with Crippen LogP contribution < -0.4 is 0 Å². The van der Waals surface area contributed by atoms with Gasteiger partial charge in [0.05, 0.1) is 0 Å². The quantitative estimate of drug-likeness (QED) is 0.630. The second-order valence-corrected chi connectivity index (χ2v) is 5.32. The lowest BCUT2D eigenvalue weighted by Gasteiger charge is -2.31. The van der Waals surface area contributed by atoms with Crippen LogP contribution in [0.3, 0.4) is 0 Å². The highest BCUT2D eigenvalue weighted by atomic mass is 16.1. The van der Waals surface area contributed by atoms with Crippen LogP contribution >= 0.6 is 0 Å². The Morgan fingerprint density at radius 3 is 1.61 bits per heavy atom. The van der Waals surface area contributed by atoms with E-state index in [2.05, 4.69) is 54.6 Å². The maximum absolute atomic E-state index is 11.8. The Morgan fingerprint density at radius 1 is 0.696 bits per heavy atom. The van der Waals surface area contributed by atoms with E-state index < -0.39 is 0 Å². The van der Waals surface area contributed by atoms with E-state index in [-0.39, 0.29) is 0 Å². The molecule has 0 aliphatic heterocycles. The molecule has 0 amide bonds. The minimum atomic E-state index is 0.338. The van der Waals surface area contributed by atoms with Gasteiger partial charge in [0.15, 0.2) is 0 Å². The molecule has 0 saturated heterocycles. The zero-order chi connectivity index (χ0) is 17.1. The average molecular weight is 310 g/mol. The maximum atomic E-state index is 11.8. The minimum Gasteiger partial charge on any atom is -0.300 e. The SMILES string of the molecule is CC.CC.O=C1CCC(c2ccccc2)C(c2ccccc2)C1. The Bertz CT molecular complexity index is 545. The van der Waals surface area contributed by atoms with Gasteiger partial charge >= 0.3 is 0 Å². The third-order valence-corrected chi connectivity index (χ3v) is 4.12. The van der Waals surface area contributed by atoms with Crippen molar-refractivity contribution in [2.75, 3.05) is 0 Å². The lowest BCUT2D eigenvalue weighted by molar-refractivity contribution is -0.121. The van der Waals surface area contributed by atoms with Gasteiger partial charge in [0.25, 0.3) is 0 Å². The first-order valence-electron chi connectivity index (χ1n) is 8.96. The predicted octanol–water partition coefficient (Wildman–Crippen LogP) is 6.36. The molecule has 1 aliphatic carbocycles. The van der Waals surface area contributed by atoms with E-state index in [4.69, 9.17) is 0 Å². The Balaban J connectivity index is 0.000000615. The molecule has 1 heteroatoms. The second-order valence-electron chi connectivity index (χ2n) is 5.32. The summed E-state index contributed by atoms with van der Waals surface area (Å²) in [6.45, 7) is 8.00. The van der Waals surface area contributed by atoms with Crippen LogP contribution in [0.1, 0.15) is 69.9 Å². The Labute approximate surface area is 141 Å². The Kier molecular flexibility index (Phi) is 8.97. The summed E-state index contributed by atoms with van der Waals surface area (Å²) in [5.41, 5.74) is 2.66. The van der Waals surface area contributed by atoms with Gasteiger partial charge in [0.2, 0.25) is 0 Å². The molecular formula is C22H30O. The van der Waals surface area contributed by atoms with Gasteiger partial charge in [-0.3, -0.25) is 4.79 Å². The number of ketones is 1. The van der Waals surface area contributed by atoms with Crippen LogP contribution in [0.25, 0.3) is 0 Å². The monoisotopic (exact) mass is 310 g/mol. The summed E-state index contributed by atoms with van der Waals surface area (Å²) in [5.74, 6) is 1.21. The topological polar surface area (TPSA) is 17.1 Å². The van der Waals surface area contributed by atoms with Gasteiger partial charge < -0.3 is 0 Å². The van der Waals surface area contributed by atoms with E-state index in [0.717, 1.165) is 12.8 Å². The number of rotatable bonds is 2. The molecule has 0 N–H and O–H groups in total. The molecule has 124 valence electrons. The number of hydrogen-bond donors (Lipinski definition) is 0. The number of hydrogen-bond acceptors (Lipinski definition) is 1. The summed E-state index contributed by atoms with van der Waals surface area (Å²) in [6.07, 6.45) is 2.38. The van der Waals surface area contributed by atoms with Crippen molar-refractivity contribution < 1.29 is 4.79 Å². The molecule has 2 aromatic rings. The summed E-state index contributed by atoms with van der Waals surface area (Å²) in [5, 5.41) is 0. The lowest BCUT2D eigenvalue weighted by Crippen LogP contribution is -2.22. The van der Waals surface area contributed by atoms with Crippen LogP contribution in [0.4, 0.5) is 0 Å². The predicted molar refractivity (Wildman–Crippen MR) is 99.9 cm³/mol. The van der Waals surface area contributed by atoms with Gasteiger partial charge in [-0.15, -0.1) is 0 Å². The molecule has 2 atom stereocenters. The summed E-state index contributed by atoms with van der Waals surface area (Å²) in [7, 11) is 0. The van der Waals surface area contributed by atoms with E-state index >= 15 is 0 Å². The minimum absolute atomic E-state index is 0.338. The van der Waals surface area contributed by atoms with Crippen molar-refractivity contribution in [2.24, 2.45) is 0 Å². The molecular weight excluding hydrogens is 280 g/mol. The van der Waals surface area contributed by atoms with Gasteiger partial charge in [0.1, 0.15) is 5.78 Å². The van der Waals surface area contributed by atoms with Crippen LogP contribution in [0.5, 0.6) is 0 Å². The molecule has 3 rings (SSSR count). The van der Waals surface area contributed by atoms with Crippen LogP contribution in [-0.4, -0.2) is 5.78 Å². The molecule has 23 heavy (non-hydrogen) atoms. The molecule has 1 aliphatic rings. The number of benzene rings is 2. The van der Waals surface area contributed by atoms with Crippen molar-refractivity contribution in [2.45, 2.75) is 58.8 Å². The smallest absolute Gasteiger partial charge is 0.133 e. The summed E-state index contributed by atoms with van der Waals surface area (Å²) in [4.78, 5) is 11.8. The van der Waals surface area contributed by atoms with Gasteiger partial charge in [-0.2, -0.15) is 0 Å². The molecule has 1 fully saturated rings. The molecule has 1 saturated carbocycles. The van der Waals surface area contributed by atoms with Crippen LogP contribution in [0.2, 0.25) is 0 Å². The second kappa shape index (κ2) is 10.8. The van der Waals surface area contributed by atoms with Crippen molar-refractivity contribution in [1.29, 1.82) is 0 Å². The van der Waals surface area contributed by atoms with Crippen LogP contribution in [0, 0.1) is 0 Å². The third kappa shape index (κ3) is 5.35. The number of carbonyl (C=O) groups excluding carboxylic acids is 1. The van der Waals surface area contributed by atoms with Gasteiger partial charge in [-0.1, -0.05) is 88.4 Å². The molecule has 2 aromatic carbocycles. The van der Waals surface area contributed by atoms with Crippen molar-refractivity contribution in [3.63, 3.8) is 0 Å². The molecule has 0 spiro atoms. The third-order valence-electron chi connectivity index (χ3n) is 4.12. The zero-order valence-electron chi connectivity index (χ0n) is 15.0. The van der Waals surface area contributed by atoms with Gasteiger partial charge in [-0.25, -0.2) is 0 Å². The molecule has 2 unspecified atom stereocenters. The normalized spacial score (nSPS) is 19.7. The van der Waals surface area contributed by atoms with E-state index in [1.165, 1.54) is 11.1 Å². The summed E-state index contributed by atoms with van der Waals surface area (Å²) in [6, 6.07) is 21.1. The van der Waals surface area contributed by atoms with Crippen LogP contribution in [0.15, 0.2) is 60.7 Å². The lowest BCUT2D eigenvalue weighted by atomic mass is 9.72. The first-order valence-corrected chi connectivity index (χ1v) is 8.96. The highest BCUT2D eigenvalue weighted by Crippen LogP contribution is 2.42. The van der Waals surface area contributed by atoms with E-state index in [1.807, 2.05) is 33.8 Å². The largest absolute Gasteiger partial charge is 0.300 e. The number of carbonyl (C=O) groups is 1. The Morgan fingerprint density at radius 2 is 1.13 bits per heavy atom. The van der Waals surface area contributed by atoms with Crippen molar-refractivity contribution in [1.82, 2.24) is 0 Å². The fraction of sp³-hybridized carbons (Fsp3) is 0.409.